The van der Waals surface area contributed by atoms with Crippen LogP contribution in [0, 0.1) is 23.2 Å². The highest BCUT2D eigenvalue weighted by Gasteiger charge is 2.29. The Morgan fingerprint density at radius 2 is 1.93 bits per heavy atom. The number of anilines is 2. The van der Waals surface area contributed by atoms with Crippen LogP contribution in [0.4, 0.5) is 17.2 Å². The molecule has 0 aliphatic carbocycles. The maximum Gasteiger partial charge on any atom is 0.335 e. The van der Waals surface area contributed by atoms with Crippen molar-refractivity contribution in [2.24, 2.45) is 11.8 Å². The number of nitrogens with zero attached hydrogens (tertiary/aromatic N) is 6. The molecule has 2 atom stereocenters. The second-order valence-corrected chi connectivity index (χ2v) is 11.6. The summed E-state index contributed by atoms with van der Waals surface area (Å²) in [4.78, 5) is 36.0. The average molecular weight is 634 g/mol. The number of nitrogens with one attached hydrogen (secondary N) is 1. The molecule has 1 aliphatic rings. The number of rotatable bonds is 9. The van der Waals surface area contributed by atoms with Gasteiger partial charge in [0.15, 0.2) is 12.4 Å². The predicted molar refractivity (Wildman–Crippen MR) is 170 cm³/mol. The maximum absolute atomic E-state index is 12.9. The molecule has 2 aromatic carbocycles. The summed E-state index contributed by atoms with van der Waals surface area (Å²) in [7, 11) is 1.92. The third-order valence-electron chi connectivity index (χ3n) is 7.82. The number of amides is 1. The Morgan fingerprint density at radius 1 is 1.16 bits per heavy atom. The predicted octanol–water partition coefficient (Wildman–Crippen LogP) is 5.97. The molecular weight excluding hydrogens is 601 g/mol. The zero-order chi connectivity index (χ0) is 31.2. The fourth-order valence-corrected chi connectivity index (χ4v) is 5.82. The molecule has 1 fully saturated rings. The lowest BCUT2D eigenvalue weighted by atomic mass is 9.87. The molecule has 0 bridgehead atoms. The molecule has 0 spiro atoms. The number of hydrogen-bond donors (Lipinski definition) is 1. The molecule has 1 N–H and O–H groups in total. The summed E-state index contributed by atoms with van der Waals surface area (Å²) in [6, 6.07) is 16.5. The van der Waals surface area contributed by atoms with Crippen molar-refractivity contribution in [1.29, 1.82) is 5.26 Å². The zero-order valence-corrected chi connectivity index (χ0v) is 25.9. The molecule has 0 saturated carbocycles. The van der Waals surface area contributed by atoms with Gasteiger partial charge in [0, 0.05) is 30.9 Å². The fraction of sp³-hybridized carbons (Fsp3) is 0.312. The van der Waals surface area contributed by atoms with Crippen LogP contribution in [0.25, 0.3) is 11.0 Å². The quantitative estimate of drug-likeness (QED) is 0.137. The molecule has 1 aliphatic heterocycles. The van der Waals surface area contributed by atoms with Crippen molar-refractivity contribution in [1.82, 2.24) is 19.4 Å². The van der Waals surface area contributed by atoms with Gasteiger partial charge in [-0.05, 0) is 47.2 Å². The lowest BCUT2D eigenvalue weighted by molar-refractivity contribution is -0.405. The van der Waals surface area contributed by atoms with E-state index in [1.807, 2.05) is 54.2 Å². The van der Waals surface area contributed by atoms with Crippen LogP contribution in [0.15, 0.2) is 61.1 Å². The fourth-order valence-electron chi connectivity index (χ4n) is 5.33. The normalized spacial score (nSPS) is 16.9. The molecule has 0 radical (unpaired) electrons. The Morgan fingerprint density at radius 3 is 2.70 bits per heavy atom. The third kappa shape index (κ3) is 7.01. The van der Waals surface area contributed by atoms with Crippen molar-refractivity contribution in [3.8, 4) is 6.07 Å². The summed E-state index contributed by atoms with van der Waals surface area (Å²) in [5, 5.41) is 13.9. The van der Waals surface area contributed by atoms with Crippen molar-refractivity contribution < 1.29 is 18.9 Å². The number of nitriles is 1. The molecule has 44 heavy (non-hydrogen) atoms. The Hall–Kier alpha value is -4.46. The van der Waals surface area contributed by atoms with Gasteiger partial charge in [0.25, 0.3) is 0 Å². The number of benzene rings is 2. The molecule has 2 aromatic heterocycles. The molecule has 5 rings (SSSR count). The van der Waals surface area contributed by atoms with E-state index in [4.69, 9.17) is 33.2 Å². The number of piperidine rings is 1. The van der Waals surface area contributed by atoms with Gasteiger partial charge in [-0.1, -0.05) is 54.4 Å². The highest BCUT2D eigenvalue weighted by atomic mass is 35.5. The number of para-hydroxylation sites is 2. The highest BCUT2D eigenvalue weighted by Crippen LogP contribution is 2.34. The molecule has 1 amide bonds. The summed E-state index contributed by atoms with van der Waals surface area (Å²) in [6.07, 6.45) is 6.16. The van der Waals surface area contributed by atoms with Gasteiger partial charge in [-0.3, -0.25) is 14.2 Å². The zero-order valence-electron chi connectivity index (χ0n) is 24.4. The van der Waals surface area contributed by atoms with Gasteiger partial charge in [-0.15, -0.1) is 0 Å². The number of esters is 1. The van der Waals surface area contributed by atoms with Crippen LogP contribution in [0.5, 0.6) is 0 Å². The molecule has 4 aromatic rings. The van der Waals surface area contributed by atoms with E-state index in [0.29, 0.717) is 51.9 Å². The van der Waals surface area contributed by atoms with Gasteiger partial charge < -0.3 is 15.0 Å². The number of aromatic nitrogens is 3. The Labute approximate surface area is 265 Å². The van der Waals surface area contributed by atoms with Crippen LogP contribution in [-0.4, -0.2) is 62.2 Å². The average Bonchev–Trinajstić information content (AvgIpc) is 3.43. The Kier molecular flexibility index (Phi) is 9.78. The minimum atomic E-state index is -0.409. The summed E-state index contributed by atoms with van der Waals surface area (Å²) >= 11 is 12.6. The van der Waals surface area contributed by atoms with E-state index in [9.17, 15) is 9.59 Å². The smallest absolute Gasteiger partial charge is 0.335 e. The summed E-state index contributed by atoms with van der Waals surface area (Å²) in [6.45, 7) is 3.36. The van der Waals surface area contributed by atoms with E-state index in [1.54, 1.807) is 27.7 Å². The van der Waals surface area contributed by atoms with Gasteiger partial charge in [0.05, 0.1) is 41.5 Å². The molecule has 12 heteroatoms. The maximum atomic E-state index is 12.9. The number of carbonyl (C=O) groups is 2. The first-order valence-electron chi connectivity index (χ1n) is 14.2. The van der Waals surface area contributed by atoms with Gasteiger partial charge in [-0.2, -0.15) is 10.2 Å². The van der Waals surface area contributed by atoms with Crippen LogP contribution < -0.4 is 5.32 Å². The molecule has 10 nitrogen and oxygen atoms in total. The van der Waals surface area contributed by atoms with E-state index < -0.39 is 5.97 Å². The third-order valence-corrected chi connectivity index (χ3v) is 8.45. The second kappa shape index (κ2) is 13.9. The standard InChI is InChI=1S/C32H32Cl2N7O3/c1-21-11-14-40(28(42)10-13-35)18-23(21)17-39(2)31-24-12-15-41(32(24)37-19-36-31)20-44-29(43)16-22-6-3-4-9-27(22)38-30-25(33)7-5-8-26(30)34/h3-9,12,15,17,19,21,23,38H,10-11,14,16,18,20H2,1-2H3/q+1/t21-,23?/m1/s1. The van der Waals surface area contributed by atoms with E-state index in [2.05, 4.69) is 28.4 Å². The van der Waals surface area contributed by atoms with Crippen LogP contribution in [-0.2, 0) is 27.5 Å². The van der Waals surface area contributed by atoms with Crippen molar-refractivity contribution in [3.63, 3.8) is 0 Å². The number of halogens is 2. The van der Waals surface area contributed by atoms with Gasteiger partial charge in [-0.25, -0.2) is 4.58 Å². The molecule has 1 saturated heterocycles. The summed E-state index contributed by atoms with van der Waals surface area (Å²) < 4.78 is 9.35. The monoisotopic (exact) mass is 632 g/mol. The SMILES string of the molecule is C[C@@H]1CCN(C(=O)CC#N)CC1C=[N+](C)c1ncnc2c1ccn2COC(=O)Cc1ccccc1Nc1c(Cl)cccc1Cl. The van der Waals surface area contributed by atoms with Gasteiger partial charge in [0.2, 0.25) is 12.2 Å². The summed E-state index contributed by atoms with van der Waals surface area (Å²) in [5.41, 5.74) is 2.63. The van der Waals surface area contributed by atoms with Crippen molar-refractivity contribution in [2.45, 2.75) is 32.9 Å². The second-order valence-electron chi connectivity index (χ2n) is 10.8. The van der Waals surface area contributed by atoms with Crippen LogP contribution >= 0.6 is 23.2 Å². The largest absolute Gasteiger partial charge is 0.444 e. The number of carbonyl (C=O) groups excluding carboxylic acids is 2. The minimum absolute atomic E-state index is 0.0201. The van der Waals surface area contributed by atoms with Gasteiger partial charge in [0.1, 0.15) is 11.8 Å². The topological polar surface area (TPSA) is 116 Å². The van der Waals surface area contributed by atoms with Crippen molar-refractivity contribution in [2.75, 3.05) is 25.5 Å². The minimum Gasteiger partial charge on any atom is -0.444 e. The molecular formula is C32H32Cl2N7O3+. The molecule has 3 heterocycles. The Bertz CT molecular complexity index is 1740. The van der Waals surface area contributed by atoms with Crippen LogP contribution in [0.3, 0.4) is 0 Å². The molecule has 1 unspecified atom stereocenters. The lowest BCUT2D eigenvalue weighted by Crippen LogP contribution is -2.44. The number of likely N-dealkylation sites (tertiary alicyclic amines) is 1. The van der Waals surface area contributed by atoms with Crippen LogP contribution in [0.2, 0.25) is 10.0 Å². The first-order valence-corrected chi connectivity index (χ1v) is 15.0. The number of hydrogen-bond acceptors (Lipinski definition) is 7. The number of fused-ring (bicyclic) bond motifs is 1. The van der Waals surface area contributed by atoms with Crippen LogP contribution in [0.1, 0.15) is 25.3 Å². The molecule has 226 valence electrons. The first-order chi connectivity index (χ1) is 21.2. The van der Waals surface area contributed by atoms with Crippen molar-refractivity contribution >= 4 is 69.5 Å². The van der Waals surface area contributed by atoms with E-state index in [0.717, 1.165) is 17.4 Å². The van der Waals surface area contributed by atoms with Crippen molar-refractivity contribution in [3.05, 3.63) is 76.7 Å². The van der Waals surface area contributed by atoms with E-state index in [-0.39, 0.29) is 31.4 Å². The first kappa shape index (κ1) is 31.0. The van der Waals surface area contributed by atoms with E-state index >= 15 is 0 Å². The van der Waals surface area contributed by atoms with Gasteiger partial charge >= 0.3 is 11.8 Å². The van der Waals surface area contributed by atoms with E-state index in [1.165, 1.54) is 6.33 Å². The highest BCUT2D eigenvalue weighted by molar-refractivity contribution is 6.39. The number of ether oxygens (including phenoxy) is 1. The summed E-state index contributed by atoms with van der Waals surface area (Å²) in [5.74, 6) is 0.628. The Balaban J connectivity index is 1.27. The lowest BCUT2D eigenvalue weighted by Gasteiger charge is -2.34.